The predicted octanol–water partition coefficient (Wildman–Crippen LogP) is 3.06. The van der Waals surface area contributed by atoms with Crippen LogP contribution in [-0.2, 0) is 23.1 Å². The molecule has 1 rings (SSSR count). The van der Waals surface area contributed by atoms with E-state index in [1.807, 2.05) is 0 Å². The number of rotatable bonds is 8. The average molecular weight is 315 g/mol. The second kappa shape index (κ2) is 11.7. The van der Waals surface area contributed by atoms with Crippen LogP contribution in [0.2, 0.25) is 0 Å². The largest absolute Gasteiger partial charge is 0.748 e. The summed E-state index contributed by atoms with van der Waals surface area (Å²) in [6.45, 7) is 5.65. The third-order valence-electron chi connectivity index (χ3n) is 3.14. The van der Waals surface area contributed by atoms with Crippen molar-refractivity contribution >= 4 is 10.1 Å². The molecule has 1 aromatic heterocycles. The van der Waals surface area contributed by atoms with Gasteiger partial charge in [-0.1, -0.05) is 39.5 Å². The maximum absolute atomic E-state index is 9.08. The molecular formula is C16H29NO3S. The number of aromatic nitrogens is 1. The minimum Gasteiger partial charge on any atom is -0.748 e. The van der Waals surface area contributed by atoms with Gasteiger partial charge in [-0.2, -0.15) is 0 Å². The van der Waals surface area contributed by atoms with E-state index < -0.39 is 10.1 Å². The van der Waals surface area contributed by atoms with Crippen LogP contribution in [0.25, 0.3) is 0 Å². The zero-order valence-electron chi connectivity index (χ0n) is 13.5. The van der Waals surface area contributed by atoms with Crippen molar-refractivity contribution in [2.24, 2.45) is 0 Å². The molecule has 0 aromatic carbocycles. The first kappa shape index (κ1) is 20.1. The number of pyridine rings is 1. The van der Waals surface area contributed by atoms with Crippen LogP contribution in [0.15, 0.2) is 24.5 Å². The second-order valence-electron chi connectivity index (χ2n) is 5.27. The third kappa shape index (κ3) is 15.3. The molecule has 0 saturated heterocycles. The van der Waals surface area contributed by atoms with Crippen LogP contribution in [0.4, 0.5) is 0 Å². The summed E-state index contributed by atoms with van der Waals surface area (Å²) in [7, 11) is -3.92. The van der Waals surface area contributed by atoms with Crippen molar-refractivity contribution < 1.29 is 17.5 Å². The smallest absolute Gasteiger partial charge is 0.169 e. The monoisotopic (exact) mass is 315 g/mol. The van der Waals surface area contributed by atoms with E-state index in [1.165, 1.54) is 50.6 Å². The Morgan fingerprint density at radius 1 is 1.00 bits per heavy atom. The van der Waals surface area contributed by atoms with Crippen LogP contribution in [0.1, 0.15) is 57.9 Å². The molecule has 0 aliphatic rings. The summed E-state index contributed by atoms with van der Waals surface area (Å²) in [5.74, 6) is 0. The highest BCUT2D eigenvalue weighted by Gasteiger charge is 1.99. The summed E-state index contributed by atoms with van der Waals surface area (Å²) < 4.78 is 29.5. The van der Waals surface area contributed by atoms with Gasteiger partial charge in [-0.05, 0) is 18.4 Å². The van der Waals surface area contributed by atoms with E-state index in [9.17, 15) is 0 Å². The van der Waals surface area contributed by atoms with Crippen LogP contribution in [0, 0.1) is 0 Å². The number of hydrogen-bond donors (Lipinski definition) is 0. The molecule has 0 saturated carbocycles. The van der Waals surface area contributed by atoms with Gasteiger partial charge in [0.25, 0.3) is 0 Å². The molecule has 122 valence electrons. The molecule has 0 spiro atoms. The highest BCUT2D eigenvalue weighted by atomic mass is 32.2. The third-order valence-corrected chi connectivity index (χ3v) is 3.14. The van der Waals surface area contributed by atoms with Crippen LogP contribution >= 0.6 is 0 Å². The Morgan fingerprint density at radius 2 is 1.48 bits per heavy atom. The Kier molecular flexibility index (Phi) is 11.2. The van der Waals surface area contributed by atoms with Gasteiger partial charge in [0, 0.05) is 24.8 Å². The molecule has 5 heteroatoms. The molecule has 0 radical (unpaired) electrons. The highest BCUT2D eigenvalue weighted by Crippen LogP contribution is 2.04. The molecule has 0 aliphatic carbocycles. The lowest BCUT2D eigenvalue weighted by Gasteiger charge is -1.99. The van der Waals surface area contributed by atoms with E-state index in [2.05, 4.69) is 42.9 Å². The van der Waals surface area contributed by atoms with Gasteiger partial charge in [0.2, 0.25) is 0 Å². The van der Waals surface area contributed by atoms with E-state index in [0.717, 1.165) is 6.42 Å². The lowest BCUT2D eigenvalue weighted by atomic mass is 10.1. The first-order valence-electron chi connectivity index (χ1n) is 7.75. The first-order chi connectivity index (χ1) is 9.86. The van der Waals surface area contributed by atoms with Crippen LogP contribution in [0.3, 0.4) is 0 Å². The highest BCUT2D eigenvalue weighted by molar-refractivity contribution is 7.84. The molecule has 21 heavy (non-hydrogen) atoms. The second-order valence-corrected chi connectivity index (χ2v) is 6.68. The van der Waals surface area contributed by atoms with Crippen molar-refractivity contribution in [3.8, 4) is 0 Å². The Labute approximate surface area is 130 Å². The molecule has 0 atom stereocenters. The molecule has 0 aliphatic heterocycles. The van der Waals surface area contributed by atoms with Gasteiger partial charge in [0.15, 0.2) is 12.4 Å². The van der Waals surface area contributed by atoms with Crippen LogP contribution in [0.5, 0.6) is 0 Å². The molecule has 0 N–H and O–H groups in total. The predicted molar refractivity (Wildman–Crippen MR) is 85.0 cm³/mol. The van der Waals surface area contributed by atoms with Gasteiger partial charge < -0.3 is 4.55 Å². The molecular weight excluding hydrogens is 286 g/mol. The average Bonchev–Trinajstić information content (AvgIpc) is 2.41. The van der Waals surface area contributed by atoms with Gasteiger partial charge in [0.1, 0.15) is 6.54 Å². The number of hydrogen-bond acceptors (Lipinski definition) is 3. The van der Waals surface area contributed by atoms with Gasteiger partial charge in [-0.15, -0.1) is 0 Å². The molecule has 1 heterocycles. The van der Waals surface area contributed by atoms with Gasteiger partial charge in [-0.25, -0.2) is 13.0 Å². The van der Waals surface area contributed by atoms with Crippen LogP contribution in [-0.4, -0.2) is 19.2 Å². The minimum atomic E-state index is -3.92. The first-order valence-corrected chi connectivity index (χ1v) is 9.57. The van der Waals surface area contributed by atoms with E-state index in [4.69, 9.17) is 13.0 Å². The van der Waals surface area contributed by atoms with Crippen molar-refractivity contribution in [1.29, 1.82) is 0 Å². The minimum absolute atomic E-state index is 0.604. The Bertz CT molecular complexity index is 447. The van der Waals surface area contributed by atoms with E-state index in [-0.39, 0.29) is 0 Å². The molecule has 0 unspecified atom stereocenters. The SMILES string of the molecule is CCCCCCCC[n+]1ccc(CC)cc1.CS(=O)(=O)[O-]. The summed E-state index contributed by atoms with van der Waals surface area (Å²) >= 11 is 0. The fraction of sp³-hybridized carbons (Fsp3) is 0.688. The maximum Gasteiger partial charge on any atom is 0.169 e. The van der Waals surface area contributed by atoms with Crippen molar-refractivity contribution in [3.05, 3.63) is 30.1 Å². The maximum atomic E-state index is 9.08. The summed E-state index contributed by atoms with van der Waals surface area (Å²) in [6.07, 6.45) is 14.4. The van der Waals surface area contributed by atoms with Gasteiger partial charge in [0.05, 0.1) is 10.1 Å². The van der Waals surface area contributed by atoms with Crippen LogP contribution < -0.4 is 4.57 Å². The lowest BCUT2D eigenvalue weighted by molar-refractivity contribution is -0.697. The Balaban J connectivity index is 0.000000690. The van der Waals surface area contributed by atoms with E-state index >= 15 is 0 Å². The van der Waals surface area contributed by atoms with E-state index in [1.54, 1.807) is 0 Å². The quantitative estimate of drug-likeness (QED) is 0.421. The van der Waals surface area contributed by atoms with E-state index in [0.29, 0.717) is 6.26 Å². The normalized spacial score (nSPS) is 10.9. The molecule has 0 amide bonds. The summed E-state index contributed by atoms with van der Waals surface area (Å²) in [6, 6.07) is 4.47. The summed E-state index contributed by atoms with van der Waals surface area (Å²) in [5.41, 5.74) is 1.43. The number of unbranched alkanes of at least 4 members (excludes halogenated alkanes) is 5. The summed E-state index contributed by atoms with van der Waals surface area (Å²) in [4.78, 5) is 0. The Hall–Kier alpha value is -0.940. The Morgan fingerprint density at radius 3 is 1.95 bits per heavy atom. The molecule has 0 fully saturated rings. The van der Waals surface area contributed by atoms with Crippen molar-refractivity contribution in [3.63, 3.8) is 0 Å². The van der Waals surface area contributed by atoms with Crippen molar-refractivity contribution in [2.75, 3.05) is 6.26 Å². The standard InChI is InChI=1S/C15H26N.CH4O3S/c1-3-5-6-7-8-9-12-16-13-10-15(4-2)11-14-16;1-5(2,3)4/h10-11,13-14H,3-9,12H2,1-2H3;1H3,(H,2,3,4)/q+1;/p-1. The zero-order chi connectivity index (χ0) is 16.1. The topological polar surface area (TPSA) is 61.1 Å². The fourth-order valence-corrected chi connectivity index (χ4v) is 1.95. The number of aryl methyl sites for hydroxylation is 2. The molecule has 0 bridgehead atoms. The molecule has 1 aromatic rings. The van der Waals surface area contributed by atoms with Gasteiger partial charge in [-0.3, -0.25) is 0 Å². The zero-order valence-corrected chi connectivity index (χ0v) is 14.4. The van der Waals surface area contributed by atoms with Gasteiger partial charge >= 0.3 is 0 Å². The summed E-state index contributed by atoms with van der Waals surface area (Å²) in [5, 5.41) is 0. The fourth-order valence-electron chi connectivity index (χ4n) is 1.95. The molecule has 4 nitrogen and oxygen atoms in total. The number of nitrogens with zero attached hydrogens (tertiary/aromatic N) is 1. The lowest BCUT2D eigenvalue weighted by Crippen LogP contribution is -2.32. The van der Waals surface area contributed by atoms with Crippen molar-refractivity contribution in [2.45, 2.75) is 65.3 Å². The van der Waals surface area contributed by atoms with Crippen molar-refractivity contribution in [1.82, 2.24) is 0 Å².